The van der Waals surface area contributed by atoms with Crippen molar-refractivity contribution in [1.82, 2.24) is 10.2 Å². The number of amides is 1. The summed E-state index contributed by atoms with van der Waals surface area (Å²) in [6.07, 6.45) is 0. The Balaban J connectivity index is 1.98. The molecule has 3 heteroatoms. The van der Waals surface area contributed by atoms with Crippen molar-refractivity contribution >= 4 is 5.91 Å². The van der Waals surface area contributed by atoms with E-state index in [0.717, 1.165) is 25.6 Å². The van der Waals surface area contributed by atoms with Gasteiger partial charge in [-0.15, -0.1) is 0 Å². The van der Waals surface area contributed by atoms with E-state index >= 15 is 0 Å². The zero-order valence-corrected chi connectivity index (χ0v) is 6.13. The highest BCUT2D eigenvalue weighted by Crippen LogP contribution is 2.22. The van der Waals surface area contributed by atoms with Crippen LogP contribution in [0.3, 0.4) is 0 Å². The molecule has 1 N–H and O–H groups in total. The second-order valence-corrected chi connectivity index (χ2v) is 3.20. The molecule has 0 aromatic rings. The van der Waals surface area contributed by atoms with Gasteiger partial charge in [0.05, 0.1) is 0 Å². The topological polar surface area (TPSA) is 32.3 Å². The van der Waals surface area contributed by atoms with Crippen LogP contribution in [0.1, 0.15) is 6.92 Å². The van der Waals surface area contributed by atoms with E-state index in [0.29, 0.717) is 6.04 Å². The highest BCUT2D eigenvalue weighted by atomic mass is 16.2. The summed E-state index contributed by atoms with van der Waals surface area (Å²) in [4.78, 5) is 12.8. The molecule has 2 rings (SSSR count). The van der Waals surface area contributed by atoms with E-state index < -0.39 is 0 Å². The first-order valence-electron chi connectivity index (χ1n) is 3.76. The first-order valence-corrected chi connectivity index (χ1v) is 3.76. The van der Waals surface area contributed by atoms with Crippen LogP contribution in [0.2, 0.25) is 0 Å². The molecule has 0 spiro atoms. The SMILES string of the molecule is CC(=O)N1CC2CNC2C1. The third-order valence-electron chi connectivity index (χ3n) is 2.53. The van der Waals surface area contributed by atoms with Gasteiger partial charge in [-0.2, -0.15) is 0 Å². The highest BCUT2D eigenvalue weighted by molar-refractivity contribution is 5.73. The molecular formula is C7H12N2O. The summed E-state index contributed by atoms with van der Waals surface area (Å²) in [6, 6.07) is 0.615. The zero-order chi connectivity index (χ0) is 7.14. The van der Waals surface area contributed by atoms with E-state index in [1.165, 1.54) is 0 Å². The summed E-state index contributed by atoms with van der Waals surface area (Å²) in [5, 5.41) is 3.30. The van der Waals surface area contributed by atoms with Crippen molar-refractivity contribution in [2.24, 2.45) is 5.92 Å². The van der Waals surface area contributed by atoms with Gasteiger partial charge in [-0.25, -0.2) is 0 Å². The van der Waals surface area contributed by atoms with Crippen LogP contribution in [0.5, 0.6) is 0 Å². The third kappa shape index (κ3) is 0.736. The minimum atomic E-state index is 0.219. The Kier molecular flexibility index (Phi) is 1.20. The van der Waals surface area contributed by atoms with Crippen molar-refractivity contribution in [3.8, 4) is 0 Å². The second-order valence-electron chi connectivity index (χ2n) is 3.20. The first kappa shape index (κ1) is 6.16. The fourth-order valence-electron chi connectivity index (χ4n) is 1.71. The number of hydrogen-bond donors (Lipinski definition) is 1. The van der Waals surface area contributed by atoms with E-state index in [-0.39, 0.29) is 5.91 Å². The average Bonchev–Trinajstić information content (AvgIpc) is 2.09. The normalized spacial score (nSPS) is 37.1. The maximum Gasteiger partial charge on any atom is 0.219 e. The van der Waals surface area contributed by atoms with Gasteiger partial charge in [0, 0.05) is 38.5 Å². The molecule has 0 aromatic heterocycles. The van der Waals surface area contributed by atoms with Crippen LogP contribution in [-0.4, -0.2) is 36.5 Å². The van der Waals surface area contributed by atoms with Gasteiger partial charge in [0.2, 0.25) is 5.91 Å². The van der Waals surface area contributed by atoms with Crippen LogP contribution in [0.4, 0.5) is 0 Å². The van der Waals surface area contributed by atoms with Crippen LogP contribution in [-0.2, 0) is 4.79 Å². The predicted octanol–water partition coefficient (Wildman–Crippen LogP) is -0.563. The summed E-state index contributed by atoms with van der Waals surface area (Å²) >= 11 is 0. The van der Waals surface area contributed by atoms with Gasteiger partial charge in [-0.3, -0.25) is 4.79 Å². The van der Waals surface area contributed by atoms with E-state index in [1.807, 2.05) is 4.90 Å². The lowest BCUT2D eigenvalue weighted by molar-refractivity contribution is -0.127. The van der Waals surface area contributed by atoms with Crippen molar-refractivity contribution in [3.05, 3.63) is 0 Å². The van der Waals surface area contributed by atoms with E-state index in [4.69, 9.17) is 0 Å². The van der Waals surface area contributed by atoms with Crippen LogP contribution in [0.25, 0.3) is 0 Å². The summed E-state index contributed by atoms with van der Waals surface area (Å²) in [7, 11) is 0. The Morgan fingerprint density at radius 3 is 2.70 bits per heavy atom. The molecule has 2 aliphatic rings. The third-order valence-corrected chi connectivity index (χ3v) is 2.53. The number of fused-ring (bicyclic) bond motifs is 1. The van der Waals surface area contributed by atoms with Crippen molar-refractivity contribution in [1.29, 1.82) is 0 Å². The summed E-state index contributed by atoms with van der Waals surface area (Å²) in [5.74, 6) is 0.972. The zero-order valence-electron chi connectivity index (χ0n) is 6.13. The van der Waals surface area contributed by atoms with Crippen LogP contribution in [0.15, 0.2) is 0 Å². The molecule has 0 saturated carbocycles. The number of carbonyl (C=O) groups is 1. The van der Waals surface area contributed by atoms with Crippen LogP contribution < -0.4 is 5.32 Å². The van der Waals surface area contributed by atoms with Gasteiger partial charge in [0.25, 0.3) is 0 Å². The minimum absolute atomic E-state index is 0.219. The molecule has 2 fully saturated rings. The Bertz CT molecular complexity index is 157. The molecule has 56 valence electrons. The second kappa shape index (κ2) is 1.95. The standard InChI is InChI=1S/C7H12N2O/c1-5(10)9-3-6-2-8-7(6)4-9/h6-8H,2-4H2,1H3. The van der Waals surface area contributed by atoms with Gasteiger partial charge in [-0.05, 0) is 0 Å². The van der Waals surface area contributed by atoms with E-state index in [2.05, 4.69) is 5.32 Å². The molecule has 0 aliphatic carbocycles. The molecule has 2 unspecified atom stereocenters. The molecule has 0 aromatic carbocycles. The Labute approximate surface area is 60.4 Å². The fraction of sp³-hybridized carbons (Fsp3) is 0.857. The lowest BCUT2D eigenvalue weighted by Gasteiger charge is -2.29. The van der Waals surface area contributed by atoms with Crippen molar-refractivity contribution in [2.75, 3.05) is 19.6 Å². The van der Waals surface area contributed by atoms with Crippen molar-refractivity contribution in [3.63, 3.8) is 0 Å². The molecule has 1 amide bonds. The smallest absolute Gasteiger partial charge is 0.219 e. The number of likely N-dealkylation sites (tertiary alicyclic amines) is 1. The first-order chi connectivity index (χ1) is 4.77. The minimum Gasteiger partial charge on any atom is -0.341 e. The van der Waals surface area contributed by atoms with Gasteiger partial charge in [0.1, 0.15) is 0 Å². The van der Waals surface area contributed by atoms with Gasteiger partial charge < -0.3 is 10.2 Å². The fourth-order valence-corrected chi connectivity index (χ4v) is 1.71. The van der Waals surface area contributed by atoms with Crippen molar-refractivity contribution in [2.45, 2.75) is 13.0 Å². The number of nitrogens with zero attached hydrogens (tertiary/aromatic N) is 1. The number of hydrogen-bond acceptors (Lipinski definition) is 2. The predicted molar refractivity (Wildman–Crippen MR) is 37.5 cm³/mol. The number of carbonyl (C=O) groups excluding carboxylic acids is 1. The average molecular weight is 140 g/mol. The number of rotatable bonds is 0. The Morgan fingerprint density at radius 1 is 1.60 bits per heavy atom. The molecule has 0 radical (unpaired) electrons. The molecule has 3 nitrogen and oxygen atoms in total. The highest BCUT2D eigenvalue weighted by Gasteiger charge is 2.39. The molecule has 0 bridgehead atoms. The lowest BCUT2D eigenvalue weighted by atomic mass is 9.96. The van der Waals surface area contributed by atoms with Gasteiger partial charge in [0.15, 0.2) is 0 Å². The molecule has 2 aliphatic heterocycles. The summed E-state index contributed by atoms with van der Waals surface area (Å²) in [6.45, 7) is 4.66. The molecule has 2 heterocycles. The number of nitrogens with one attached hydrogen (secondary N) is 1. The Morgan fingerprint density at radius 2 is 2.40 bits per heavy atom. The largest absolute Gasteiger partial charge is 0.341 e. The van der Waals surface area contributed by atoms with Crippen molar-refractivity contribution < 1.29 is 4.79 Å². The lowest BCUT2D eigenvalue weighted by Crippen LogP contribution is -2.51. The maximum absolute atomic E-state index is 10.9. The monoisotopic (exact) mass is 140 g/mol. The maximum atomic E-state index is 10.9. The van der Waals surface area contributed by atoms with E-state index in [1.54, 1.807) is 6.92 Å². The van der Waals surface area contributed by atoms with Gasteiger partial charge >= 0.3 is 0 Å². The molecule has 2 saturated heterocycles. The molecular weight excluding hydrogens is 128 g/mol. The van der Waals surface area contributed by atoms with Crippen LogP contribution in [0, 0.1) is 5.92 Å². The molecule has 2 atom stereocenters. The summed E-state index contributed by atoms with van der Waals surface area (Å²) < 4.78 is 0. The quantitative estimate of drug-likeness (QED) is 0.489. The van der Waals surface area contributed by atoms with Gasteiger partial charge in [-0.1, -0.05) is 0 Å². The molecule has 10 heavy (non-hydrogen) atoms. The van der Waals surface area contributed by atoms with E-state index in [9.17, 15) is 4.79 Å². The van der Waals surface area contributed by atoms with Crippen LogP contribution >= 0.6 is 0 Å². The summed E-state index contributed by atoms with van der Waals surface area (Å²) in [5.41, 5.74) is 0. The Hall–Kier alpha value is -0.570.